The number of nitrogens with zero attached hydrogens (tertiary/aromatic N) is 2. The molecule has 0 saturated heterocycles. The van der Waals surface area contributed by atoms with E-state index in [9.17, 15) is 33.6 Å². The van der Waals surface area contributed by atoms with E-state index >= 15 is 0 Å². The fourth-order valence-corrected chi connectivity index (χ4v) is 6.86. The molecule has 6 N–H and O–H groups in total. The highest BCUT2D eigenvalue weighted by atomic mass is 35.5. The lowest BCUT2D eigenvalue weighted by molar-refractivity contribution is -0.154. The molecule has 6 amide bonds. The zero-order chi connectivity index (χ0) is 45.6. The van der Waals surface area contributed by atoms with Gasteiger partial charge < -0.3 is 41.5 Å². The smallest absolute Gasteiger partial charge is 0.334 e. The molecule has 0 spiro atoms. The maximum Gasteiger partial charge on any atom is 0.334 e. The van der Waals surface area contributed by atoms with Gasteiger partial charge in [-0.25, -0.2) is 4.79 Å². The van der Waals surface area contributed by atoms with E-state index in [-0.39, 0.29) is 42.6 Å². The molecule has 9 atom stereocenters. The number of hydrogen-bond acceptors (Lipinski definition) is 9. The average molecular weight is 859 g/mol. The van der Waals surface area contributed by atoms with E-state index in [1.807, 2.05) is 47.6 Å². The van der Waals surface area contributed by atoms with Gasteiger partial charge in [-0.15, -0.1) is 0 Å². The lowest BCUT2D eigenvalue weighted by atomic mass is 9.87. The number of halogens is 1. The summed E-state index contributed by atoms with van der Waals surface area (Å²) in [5.41, 5.74) is 8.37. The van der Waals surface area contributed by atoms with Crippen LogP contribution in [0, 0.1) is 17.8 Å². The number of esters is 1. The van der Waals surface area contributed by atoms with Crippen molar-refractivity contribution < 1.29 is 38.3 Å². The van der Waals surface area contributed by atoms with Gasteiger partial charge in [-0.05, 0) is 82.9 Å². The molecule has 0 aliphatic carbocycles. The number of ether oxygens (including phenoxy) is 1. The van der Waals surface area contributed by atoms with Crippen molar-refractivity contribution in [3.8, 4) is 0 Å². The van der Waals surface area contributed by atoms with Crippen LogP contribution in [-0.2, 0) is 44.7 Å². The topological polar surface area (TPSA) is 209 Å². The molecule has 60 heavy (non-hydrogen) atoms. The molecule has 1 aromatic rings. The fraction of sp³-hybridized carbons (Fsp3) is 0.614. The summed E-state index contributed by atoms with van der Waals surface area (Å²) in [6, 6.07) is 1.35. The molecular formula is C44H68ClN7O8. The Morgan fingerprint density at radius 1 is 0.900 bits per heavy atom. The number of cyclic esters (lactones) is 1. The van der Waals surface area contributed by atoms with Gasteiger partial charge in [0.25, 0.3) is 5.91 Å². The Morgan fingerprint density at radius 2 is 1.50 bits per heavy atom. The first kappa shape index (κ1) is 51.4. The Kier molecular flexibility index (Phi) is 20.4. The molecule has 1 aromatic carbocycles. The van der Waals surface area contributed by atoms with Gasteiger partial charge in [-0.1, -0.05) is 82.5 Å². The summed E-state index contributed by atoms with van der Waals surface area (Å²) >= 11 is 6.12. The normalized spacial score (nSPS) is 28.6. The van der Waals surface area contributed by atoms with Crippen molar-refractivity contribution in [2.75, 3.05) is 20.6 Å². The molecule has 0 saturated carbocycles. The van der Waals surface area contributed by atoms with Gasteiger partial charge in [-0.2, -0.15) is 0 Å². The van der Waals surface area contributed by atoms with E-state index in [0.717, 1.165) is 10.5 Å². The number of hydrogen-bond donors (Lipinski definition) is 5. The van der Waals surface area contributed by atoms with Crippen molar-refractivity contribution >= 4 is 53.0 Å². The lowest BCUT2D eigenvalue weighted by Gasteiger charge is -2.33. The largest absolute Gasteiger partial charge is 0.449 e. The van der Waals surface area contributed by atoms with Crippen molar-refractivity contribution in [1.29, 1.82) is 0 Å². The number of carbonyl (C=O) groups is 7. The standard InChI is InChI=1S/C44H68ClN7O8/c1-13-25(5)37-28(8)33(46)20-15-27(7)44(59)60-35(21-24(3)4)40(55)48-30(10)42(57)52(12)34(22-31-16-18-32(45)19-17-31)43(58)51(11)23-36(53)49-38(26(6)14-2)41(56)47-29(9)39(54)50-37/h13,15-19,24,26,28-30,33-35,37-38H,14,20-23,46H2,1-12H3,(H,47,56)(H,48,55)(H,49,53)(H,50,54)/b25-13+,27-15+/t26?,28-,29+,30-,33-,34+,35+,37+,38-/m0/s1. The van der Waals surface area contributed by atoms with Crippen LogP contribution < -0.4 is 27.0 Å². The van der Waals surface area contributed by atoms with Gasteiger partial charge in [0.2, 0.25) is 29.5 Å². The van der Waals surface area contributed by atoms with Gasteiger partial charge in [-0.3, -0.25) is 28.8 Å². The number of allylic oxidation sites excluding steroid dienone is 1. The molecule has 1 aliphatic heterocycles. The van der Waals surface area contributed by atoms with Crippen molar-refractivity contribution in [2.24, 2.45) is 23.5 Å². The van der Waals surface area contributed by atoms with Gasteiger partial charge in [0.05, 0.1) is 12.6 Å². The summed E-state index contributed by atoms with van der Waals surface area (Å²) in [5, 5.41) is 11.7. The fourth-order valence-electron chi connectivity index (χ4n) is 6.73. The van der Waals surface area contributed by atoms with Gasteiger partial charge in [0.1, 0.15) is 24.2 Å². The van der Waals surface area contributed by atoms with E-state index in [2.05, 4.69) is 21.3 Å². The van der Waals surface area contributed by atoms with Crippen LogP contribution in [0.25, 0.3) is 0 Å². The summed E-state index contributed by atoms with van der Waals surface area (Å²) < 4.78 is 5.72. The molecular weight excluding hydrogens is 790 g/mol. The third-order valence-electron chi connectivity index (χ3n) is 11.2. The Morgan fingerprint density at radius 3 is 2.07 bits per heavy atom. The quantitative estimate of drug-likeness (QED) is 0.201. The third-order valence-corrected chi connectivity index (χ3v) is 11.4. The van der Waals surface area contributed by atoms with Crippen LogP contribution in [0.15, 0.2) is 47.6 Å². The predicted molar refractivity (Wildman–Crippen MR) is 232 cm³/mol. The lowest BCUT2D eigenvalue weighted by Crippen LogP contribution is -2.58. The van der Waals surface area contributed by atoms with Crippen molar-refractivity contribution in [2.45, 2.75) is 137 Å². The van der Waals surface area contributed by atoms with Crippen molar-refractivity contribution in [3.05, 3.63) is 58.1 Å². The van der Waals surface area contributed by atoms with Crippen LogP contribution >= 0.6 is 11.6 Å². The molecule has 1 heterocycles. The Labute approximate surface area is 361 Å². The van der Waals surface area contributed by atoms with E-state index in [4.69, 9.17) is 22.1 Å². The summed E-state index contributed by atoms with van der Waals surface area (Å²) in [6.45, 7) is 17.1. The zero-order valence-electron chi connectivity index (χ0n) is 37.4. The van der Waals surface area contributed by atoms with Crippen LogP contribution in [0.4, 0.5) is 0 Å². The monoisotopic (exact) mass is 857 g/mol. The number of rotatable bonds is 7. The van der Waals surface area contributed by atoms with E-state index in [1.165, 1.54) is 25.9 Å². The summed E-state index contributed by atoms with van der Waals surface area (Å²) in [5.74, 6) is -5.04. The molecule has 334 valence electrons. The first-order valence-corrected chi connectivity index (χ1v) is 21.1. The first-order valence-electron chi connectivity index (χ1n) is 20.7. The van der Waals surface area contributed by atoms with Gasteiger partial charge >= 0.3 is 5.97 Å². The van der Waals surface area contributed by atoms with Gasteiger partial charge in [0.15, 0.2) is 6.10 Å². The van der Waals surface area contributed by atoms with Crippen LogP contribution in [0.2, 0.25) is 5.02 Å². The predicted octanol–water partition coefficient (Wildman–Crippen LogP) is 3.43. The number of benzene rings is 1. The van der Waals surface area contributed by atoms with Crippen molar-refractivity contribution in [3.63, 3.8) is 0 Å². The Bertz CT molecular complexity index is 1750. The molecule has 15 nitrogen and oxygen atoms in total. The number of carbonyl (C=O) groups excluding carboxylic acids is 7. The molecule has 0 bridgehead atoms. The van der Waals surface area contributed by atoms with Crippen LogP contribution in [0.3, 0.4) is 0 Å². The minimum Gasteiger partial charge on any atom is -0.449 e. The second-order valence-corrected chi connectivity index (χ2v) is 17.0. The zero-order valence-corrected chi connectivity index (χ0v) is 38.1. The van der Waals surface area contributed by atoms with E-state index < -0.39 is 90.3 Å². The second kappa shape index (κ2) is 23.9. The number of nitrogens with two attached hydrogens (primary N) is 1. The highest BCUT2D eigenvalue weighted by Crippen LogP contribution is 2.20. The Hall–Kier alpha value is -4.76. The molecule has 1 aliphatic rings. The number of nitrogens with one attached hydrogen (secondary N) is 4. The average Bonchev–Trinajstić information content (AvgIpc) is 3.20. The maximum absolute atomic E-state index is 14.2. The van der Waals surface area contributed by atoms with Crippen LogP contribution in [0.1, 0.15) is 94.1 Å². The summed E-state index contributed by atoms with van der Waals surface area (Å²) in [7, 11) is 2.84. The minimum absolute atomic E-state index is 0.0405. The highest BCUT2D eigenvalue weighted by molar-refractivity contribution is 6.30. The number of likely N-dealkylation sites (N-methyl/N-ethyl adjacent to an activating group) is 2. The molecule has 2 rings (SSSR count). The summed E-state index contributed by atoms with van der Waals surface area (Å²) in [6.07, 6.45) is 3.21. The van der Waals surface area contributed by atoms with E-state index in [0.29, 0.717) is 17.0 Å². The molecule has 0 fully saturated rings. The second-order valence-electron chi connectivity index (χ2n) is 16.6. The van der Waals surface area contributed by atoms with Crippen LogP contribution in [0.5, 0.6) is 0 Å². The third kappa shape index (κ3) is 15.1. The molecule has 0 radical (unpaired) electrons. The maximum atomic E-state index is 14.2. The molecule has 16 heteroatoms. The first-order chi connectivity index (χ1) is 28.0. The van der Waals surface area contributed by atoms with Crippen molar-refractivity contribution in [1.82, 2.24) is 31.1 Å². The molecule has 0 aromatic heterocycles. The minimum atomic E-state index is -1.23. The van der Waals surface area contributed by atoms with E-state index in [1.54, 1.807) is 51.1 Å². The SMILES string of the molecule is C/C=C(\C)[C@H]1NC(=O)[C@@H](C)NC(=O)[C@H](C(C)CC)NC(=O)CN(C)C(=O)[C@@H](Cc2ccc(Cl)cc2)N(C)C(=O)[C@H](C)NC(=O)[C@@H](CC(C)C)OC(=O)/C(C)=C/C[C@H](N)[C@@H]1C. The van der Waals surface area contributed by atoms with Gasteiger partial charge in [0, 0.05) is 37.2 Å². The Balaban J connectivity index is 2.63. The molecule has 1 unspecified atom stereocenters. The summed E-state index contributed by atoms with van der Waals surface area (Å²) in [4.78, 5) is 98.5. The van der Waals surface area contributed by atoms with Crippen LogP contribution in [-0.4, -0.2) is 114 Å². The number of amides is 6. The highest BCUT2D eigenvalue weighted by Gasteiger charge is 2.36.